The van der Waals surface area contributed by atoms with Crippen LogP contribution in [-0.4, -0.2) is 64.9 Å². The molecule has 0 bridgehead atoms. The number of hydrogen-bond acceptors (Lipinski definition) is 6. The highest BCUT2D eigenvalue weighted by Crippen LogP contribution is 2.32. The third-order valence-electron chi connectivity index (χ3n) is 4.55. The van der Waals surface area contributed by atoms with Crippen molar-refractivity contribution < 1.29 is 29.0 Å². The summed E-state index contributed by atoms with van der Waals surface area (Å²) in [4.78, 5) is 38.5. The average molecular weight is 356 g/mol. The molecule has 4 atom stereocenters. The van der Waals surface area contributed by atoms with Crippen LogP contribution in [0.25, 0.3) is 0 Å². The fourth-order valence-electron chi connectivity index (χ4n) is 3.49. The van der Waals surface area contributed by atoms with Crippen molar-refractivity contribution in [3.63, 3.8) is 0 Å². The highest BCUT2D eigenvalue weighted by atomic mass is 16.6. The van der Waals surface area contributed by atoms with E-state index in [2.05, 4.69) is 5.32 Å². The Labute approximate surface area is 147 Å². The van der Waals surface area contributed by atoms with E-state index in [4.69, 9.17) is 9.47 Å². The summed E-state index contributed by atoms with van der Waals surface area (Å²) in [5.74, 6) is -0.794. The molecule has 0 aromatic carbocycles. The molecule has 2 rings (SSSR count). The number of nitrogens with zero attached hydrogens (tertiary/aromatic N) is 1. The number of alkyl carbamates (subject to hydrolysis) is 1. The van der Waals surface area contributed by atoms with E-state index in [1.54, 1.807) is 20.8 Å². The summed E-state index contributed by atoms with van der Waals surface area (Å²) in [6.45, 7) is 5.21. The van der Waals surface area contributed by atoms with Gasteiger partial charge in [0, 0.05) is 6.04 Å². The maximum Gasteiger partial charge on any atom is 0.408 e. The van der Waals surface area contributed by atoms with Gasteiger partial charge >= 0.3 is 12.1 Å². The maximum atomic E-state index is 13.0. The second kappa shape index (κ2) is 7.59. The molecule has 0 radical (unpaired) electrons. The summed E-state index contributed by atoms with van der Waals surface area (Å²) in [6, 6.07) is -1.73. The molecule has 0 aromatic heterocycles. The number of hydrogen-bond donors (Lipinski definition) is 2. The number of ether oxygens (including phenoxy) is 2. The van der Waals surface area contributed by atoms with Crippen LogP contribution in [0.4, 0.5) is 4.79 Å². The van der Waals surface area contributed by atoms with Gasteiger partial charge in [-0.25, -0.2) is 9.59 Å². The van der Waals surface area contributed by atoms with E-state index in [0.717, 1.165) is 0 Å². The number of aliphatic hydroxyl groups is 1. The van der Waals surface area contributed by atoms with Crippen LogP contribution in [0.5, 0.6) is 0 Å². The summed E-state index contributed by atoms with van der Waals surface area (Å²) >= 11 is 0. The van der Waals surface area contributed by atoms with Gasteiger partial charge in [-0.2, -0.15) is 0 Å². The lowest BCUT2D eigenvalue weighted by Crippen LogP contribution is -2.56. The normalized spacial score (nSPS) is 30.1. The molecule has 0 saturated carbocycles. The monoisotopic (exact) mass is 356 g/mol. The molecule has 8 nitrogen and oxygen atoms in total. The summed E-state index contributed by atoms with van der Waals surface area (Å²) in [5, 5.41) is 12.8. The highest BCUT2D eigenvalue weighted by Gasteiger charge is 2.45. The molecule has 2 heterocycles. The van der Waals surface area contributed by atoms with E-state index in [1.165, 1.54) is 12.0 Å². The Morgan fingerprint density at radius 3 is 2.48 bits per heavy atom. The number of methoxy groups -OCH3 is 1. The Morgan fingerprint density at radius 1 is 1.20 bits per heavy atom. The summed E-state index contributed by atoms with van der Waals surface area (Å²) in [7, 11) is 1.29. The summed E-state index contributed by atoms with van der Waals surface area (Å²) < 4.78 is 10.0. The number of carbonyl (C=O) groups is 3. The Morgan fingerprint density at radius 2 is 1.88 bits per heavy atom. The molecular weight excluding hydrogens is 328 g/mol. The van der Waals surface area contributed by atoms with Crippen LogP contribution in [0.2, 0.25) is 0 Å². The molecular formula is C17H28N2O6. The van der Waals surface area contributed by atoms with Gasteiger partial charge in [0.15, 0.2) is 0 Å². The van der Waals surface area contributed by atoms with Crippen LogP contribution in [-0.2, 0) is 19.1 Å². The van der Waals surface area contributed by atoms with Crippen molar-refractivity contribution in [2.45, 2.75) is 82.7 Å². The number of aliphatic hydroxyl groups excluding tert-OH is 1. The number of esters is 1. The first-order valence-electron chi connectivity index (χ1n) is 8.70. The van der Waals surface area contributed by atoms with E-state index in [9.17, 15) is 19.5 Å². The number of nitrogens with one attached hydrogen (secondary N) is 1. The fraction of sp³-hybridized carbons (Fsp3) is 0.824. The standard InChI is InChI=1S/C17H28N2O6/c1-17(2,3)25-16(23)18-12-7-6-11(20)9-10-5-8-13(15(22)24-4)19(10)14(12)21/h10-13,20H,5-9H2,1-4H3,(H,18,23)/t10-,11-,12+,13+/m1/s1. The van der Waals surface area contributed by atoms with Crippen LogP contribution in [0.1, 0.15) is 52.9 Å². The van der Waals surface area contributed by atoms with Crippen LogP contribution in [0.15, 0.2) is 0 Å². The van der Waals surface area contributed by atoms with Crippen LogP contribution < -0.4 is 5.32 Å². The van der Waals surface area contributed by atoms with Gasteiger partial charge in [0.05, 0.1) is 13.2 Å². The number of rotatable bonds is 2. The van der Waals surface area contributed by atoms with Gasteiger partial charge in [0.1, 0.15) is 17.7 Å². The van der Waals surface area contributed by atoms with Gasteiger partial charge in [-0.15, -0.1) is 0 Å². The third kappa shape index (κ3) is 4.84. The Bertz CT molecular complexity index is 530. The lowest BCUT2D eigenvalue weighted by molar-refractivity contribution is -0.154. The zero-order valence-corrected chi connectivity index (χ0v) is 15.3. The van der Waals surface area contributed by atoms with E-state index in [1.807, 2.05) is 0 Å². The predicted molar refractivity (Wildman–Crippen MR) is 88.7 cm³/mol. The second-order valence-electron chi connectivity index (χ2n) is 7.68. The van der Waals surface area contributed by atoms with E-state index in [-0.39, 0.29) is 18.4 Å². The second-order valence-corrected chi connectivity index (χ2v) is 7.68. The predicted octanol–water partition coefficient (Wildman–Crippen LogP) is 0.957. The molecule has 2 saturated heterocycles. The van der Waals surface area contributed by atoms with Gasteiger partial charge in [-0.3, -0.25) is 4.79 Å². The van der Waals surface area contributed by atoms with Crippen LogP contribution in [0, 0.1) is 0 Å². The Hall–Kier alpha value is -1.83. The number of amides is 2. The first-order valence-corrected chi connectivity index (χ1v) is 8.70. The average Bonchev–Trinajstić information content (AvgIpc) is 2.90. The summed E-state index contributed by atoms with van der Waals surface area (Å²) in [6.07, 6.45) is 0.969. The zero-order valence-electron chi connectivity index (χ0n) is 15.3. The van der Waals surface area contributed by atoms with E-state index < -0.39 is 35.9 Å². The van der Waals surface area contributed by atoms with E-state index >= 15 is 0 Å². The zero-order chi connectivity index (χ0) is 18.8. The molecule has 2 aliphatic rings. The molecule has 142 valence electrons. The highest BCUT2D eigenvalue weighted by molar-refractivity contribution is 5.90. The molecule has 0 spiro atoms. The molecule has 0 unspecified atom stereocenters. The molecule has 8 heteroatoms. The maximum absolute atomic E-state index is 13.0. The van der Waals surface area contributed by atoms with Crippen molar-refractivity contribution in [3.8, 4) is 0 Å². The molecule has 2 N–H and O–H groups in total. The van der Waals surface area contributed by atoms with Gasteiger partial charge in [0.25, 0.3) is 0 Å². The minimum Gasteiger partial charge on any atom is -0.467 e. The minimum atomic E-state index is -0.836. The van der Waals surface area contributed by atoms with Crippen molar-refractivity contribution in [1.29, 1.82) is 0 Å². The summed E-state index contributed by atoms with van der Waals surface area (Å²) in [5.41, 5.74) is -0.682. The van der Waals surface area contributed by atoms with Gasteiger partial charge in [-0.1, -0.05) is 0 Å². The van der Waals surface area contributed by atoms with Crippen molar-refractivity contribution in [1.82, 2.24) is 10.2 Å². The van der Waals surface area contributed by atoms with Crippen molar-refractivity contribution in [3.05, 3.63) is 0 Å². The third-order valence-corrected chi connectivity index (χ3v) is 4.55. The van der Waals surface area contributed by atoms with Gasteiger partial charge < -0.3 is 24.8 Å². The Kier molecular flexibility index (Phi) is 5.92. The number of fused-ring (bicyclic) bond motifs is 1. The lowest BCUT2D eigenvalue weighted by atomic mass is 9.97. The molecule has 2 fully saturated rings. The molecule has 0 aromatic rings. The van der Waals surface area contributed by atoms with Crippen LogP contribution in [0.3, 0.4) is 0 Å². The van der Waals surface area contributed by atoms with Crippen molar-refractivity contribution in [2.75, 3.05) is 7.11 Å². The topological polar surface area (TPSA) is 105 Å². The van der Waals surface area contributed by atoms with Crippen LogP contribution >= 0.6 is 0 Å². The smallest absolute Gasteiger partial charge is 0.408 e. The Balaban J connectivity index is 2.18. The van der Waals surface area contributed by atoms with Crippen molar-refractivity contribution >= 4 is 18.0 Å². The fourth-order valence-corrected chi connectivity index (χ4v) is 3.49. The van der Waals surface area contributed by atoms with E-state index in [0.29, 0.717) is 25.7 Å². The SMILES string of the molecule is COC(=O)[C@@H]1CC[C@@H]2C[C@H](O)CC[C@H](NC(=O)OC(C)(C)C)C(=O)N21. The molecule has 25 heavy (non-hydrogen) atoms. The lowest BCUT2D eigenvalue weighted by Gasteiger charge is -2.36. The largest absolute Gasteiger partial charge is 0.467 e. The number of carbonyl (C=O) groups excluding carboxylic acids is 3. The van der Waals surface area contributed by atoms with Gasteiger partial charge in [-0.05, 0) is 52.9 Å². The molecule has 2 aliphatic heterocycles. The first-order chi connectivity index (χ1) is 11.6. The molecule has 0 aliphatic carbocycles. The minimum absolute atomic E-state index is 0.227. The first kappa shape index (κ1) is 19.5. The quantitative estimate of drug-likeness (QED) is 0.714. The molecule has 2 amide bonds. The van der Waals surface area contributed by atoms with Crippen molar-refractivity contribution in [2.24, 2.45) is 0 Å². The van der Waals surface area contributed by atoms with Gasteiger partial charge in [0.2, 0.25) is 5.91 Å².